The molecule has 0 bridgehead atoms. The Morgan fingerprint density at radius 1 is 1.46 bits per heavy atom. The number of pyridine rings is 1. The summed E-state index contributed by atoms with van der Waals surface area (Å²) in [5, 5.41) is 10.4. The normalized spacial score (nSPS) is 19.0. The quantitative estimate of drug-likeness (QED) is 0.623. The van der Waals surface area contributed by atoms with Crippen LogP contribution in [-0.2, 0) is 15.9 Å². The first-order valence-corrected chi connectivity index (χ1v) is 9.46. The van der Waals surface area contributed by atoms with Gasteiger partial charge in [0.1, 0.15) is 5.69 Å². The largest absolute Gasteiger partial charge is 0.381 e. The Balaban J connectivity index is 1.67. The maximum absolute atomic E-state index is 12.2. The lowest BCUT2D eigenvalue weighted by atomic mass is 9.89. The van der Waals surface area contributed by atoms with E-state index in [1.165, 1.54) is 5.57 Å². The van der Waals surface area contributed by atoms with Crippen molar-refractivity contribution < 1.29 is 19.5 Å². The Hall–Kier alpha value is -1.76. The fraction of sp³-hybridized carbons (Fsp3) is 0.600. The molecule has 1 N–H and O–H groups in total. The van der Waals surface area contributed by atoms with E-state index in [0.717, 1.165) is 67.3 Å². The molecule has 3 heterocycles. The van der Waals surface area contributed by atoms with E-state index in [1.54, 1.807) is 6.20 Å². The number of aromatic nitrogens is 1. The van der Waals surface area contributed by atoms with E-state index in [0.29, 0.717) is 24.8 Å². The minimum atomic E-state index is -0.411. The molecular weight excluding hydrogens is 332 g/mol. The second-order valence-electron chi connectivity index (χ2n) is 6.92. The van der Waals surface area contributed by atoms with Gasteiger partial charge in [0, 0.05) is 26.0 Å². The van der Waals surface area contributed by atoms with Crippen molar-refractivity contribution in [1.29, 1.82) is 0 Å². The third kappa shape index (κ3) is 4.14. The number of hydrogen-bond acceptors (Lipinski definition) is 5. The molecule has 0 radical (unpaired) electrons. The standard InChI is InChI=1S/C20H28N2O4/c1-3-15(5-4-10-26-16-7-11-25-12-8-16)18-14(2)13-21-19-17(18)6-9-22(24)20(19)23/h3,13,16,24H,4-12H2,1-2H3/b15-3-. The summed E-state index contributed by atoms with van der Waals surface area (Å²) in [4.78, 5) is 16.5. The third-order valence-electron chi connectivity index (χ3n) is 5.16. The Morgan fingerprint density at radius 2 is 2.23 bits per heavy atom. The molecule has 2 aliphatic rings. The summed E-state index contributed by atoms with van der Waals surface area (Å²) in [6.07, 6.45) is 8.58. The highest BCUT2D eigenvalue weighted by molar-refractivity contribution is 5.95. The molecule has 0 aliphatic carbocycles. The minimum Gasteiger partial charge on any atom is -0.381 e. The SMILES string of the molecule is C/C=C(/CCCOC1CCOCC1)c1c(C)cnc2c1CCN(O)C2=O. The number of carbonyl (C=O) groups is 1. The van der Waals surface area contributed by atoms with Crippen LogP contribution in [0.2, 0.25) is 0 Å². The number of ether oxygens (including phenoxy) is 2. The van der Waals surface area contributed by atoms with Gasteiger partial charge in [0.25, 0.3) is 5.91 Å². The second-order valence-corrected chi connectivity index (χ2v) is 6.92. The monoisotopic (exact) mass is 360 g/mol. The number of amides is 1. The smallest absolute Gasteiger partial charge is 0.296 e. The lowest BCUT2D eigenvalue weighted by Crippen LogP contribution is -2.36. The van der Waals surface area contributed by atoms with Crippen LogP contribution in [0.25, 0.3) is 5.57 Å². The predicted octanol–water partition coefficient (Wildman–Crippen LogP) is 3.16. The first-order chi connectivity index (χ1) is 12.6. The molecule has 1 saturated heterocycles. The van der Waals surface area contributed by atoms with E-state index in [2.05, 4.69) is 11.1 Å². The van der Waals surface area contributed by atoms with Crippen LogP contribution in [0.1, 0.15) is 59.8 Å². The van der Waals surface area contributed by atoms with E-state index in [-0.39, 0.29) is 0 Å². The number of hydroxylamine groups is 2. The number of rotatable bonds is 6. The highest BCUT2D eigenvalue weighted by atomic mass is 16.5. The van der Waals surface area contributed by atoms with Gasteiger partial charge in [-0.3, -0.25) is 15.0 Å². The molecule has 0 aromatic carbocycles. The Kier molecular flexibility index (Phi) is 6.40. The zero-order valence-electron chi connectivity index (χ0n) is 15.7. The molecule has 0 atom stereocenters. The van der Waals surface area contributed by atoms with Crippen molar-refractivity contribution in [1.82, 2.24) is 10.0 Å². The van der Waals surface area contributed by atoms with Crippen molar-refractivity contribution in [2.45, 2.75) is 52.1 Å². The average Bonchev–Trinajstić information content (AvgIpc) is 2.66. The molecule has 0 spiro atoms. The van der Waals surface area contributed by atoms with E-state index in [9.17, 15) is 10.0 Å². The Morgan fingerprint density at radius 3 is 2.96 bits per heavy atom. The molecule has 142 valence electrons. The number of hydrogen-bond donors (Lipinski definition) is 1. The van der Waals surface area contributed by atoms with Gasteiger partial charge in [0.05, 0.1) is 12.6 Å². The maximum Gasteiger partial charge on any atom is 0.296 e. The number of allylic oxidation sites excluding steroid dienone is 2. The first kappa shape index (κ1) is 19.0. The summed E-state index contributed by atoms with van der Waals surface area (Å²) in [5.41, 5.74) is 4.73. The van der Waals surface area contributed by atoms with Gasteiger partial charge < -0.3 is 9.47 Å². The molecule has 0 saturated carbocycles. The molecule has 3 rings (SSSR count). The fourth-order valence-electron chi connectivity index (χ4n) is 3.75. The van der Waals surface area contributed by atoms with Crippen molar-refractivity contribution in [3.8, 4) is 0 Å². The number of carbonyl (C=O) groups excluding carboxylic acids is 1. The van der Waals surface area contributed by atoms with Crippen LogP contribution >= 0.6 is 0 Å². The number of nitrogens with zero attached hydrogens (tertiary/aromatic N) is 2. The van der Waals surface area contributed by atoms with E-state index in [1.807, 2.05) is 13.8 Å². The van der Waals surface area contributed by atoms with Crippen LogP contribution < -0.4 is 0 Å². The van der Waals surface area contributed by atoms with Crippen molar-refractivity contribution in [3.63, 3.8) is 0 Å². The molecule has 1 aromatic heterocycles. The average molecular weight is 360 g/mol. The van der Waals surface area contributed by atoms with Gasteiger partial charge in [-0.25, -0.2) is 5.06 Å². The molecule has 6 heteroatoms. The summed E-state index contributed by atoms with van der Waals surface area (Å²) in [5.74, 6) is -0.411. The van der Waals surface area contributed by atoms with E-state index in [4.69, 9.17) is 9.47 Å². The highest BCUT2D eigenvalue weighted by Crippen LogP contribution is 2.31. The fourth-order valence-corrected chi connectivity index (χ4v) is 3.75. The van der Waals surface area contributed by atoms with Gasteiger partial charge in [0.15, 0.2) is 0 Å². The highest BCUT2D eigenvalue weighted by Gasteiger charge is 2.28. The zero-order chi connectivity index (χ0) is 18.5. The third-order valence-corrected chi connectivity index (χ3v) is 5.16. The van der Waals surface area contributed by atoms with Crippen molar-refractivity contribution in [3.05, 3.63) is 34.7 Å². The maximum atomic E-state index is 12.2. The van der Waals surface area contributed by atoms with Gasteiger partial charge in [0.2, 0.25) is 0 Å². The first-order valence-electron chi connectivity index (χ1n) is 9.46. The topological polar surface area (TPSA) is 71.9 Å². The summed E-state index contributed by atoms with van der Waals surface area (Å²) in [6.45, 7) is 6.70. The molecular formula is C20H28N2O4. The van der Waals surface area contributed by atoms with Crippen LogP contribution in [0.4, 0.5) is 0 Å². The summed E-state index contributed by atoms with van der Waals surface area (Å²) in [6, 6.07) is 0. The van der Waals surface area contributed by atoms with Crippen molar-refractivity contribution in [2.24, 2.45) is 0 Å². The van der Waals surface area contributed by atoms with Crippen molar-refractivity contribution >= 4 is 11.5 Å². The molecule has 6 nitrogen and oxygen atoms in total. The van der Waals surface area contributed by atoms with Gasteiger partial charge in [-0.15, -0.1) is 0 Å². The molecule has 1 fully saturated rings. The molecule has 1 amide bonds. The lowest BCUT2D eigenvalue weighted by molar-refractivity contribution is -0.0607. The summed E-state index contributed by atoms with van der Waals surface area (Å²) >= 11 is 0. The van der Waals surface area contributed by atoms with Crippen molar-refractivity contribution in [2.75, 3.05) is 26.4 Å². The Labute approximate surface area is 154 Å². The molecule has 26 heavy (non-hydrogen) atoms. The Bertz CT molecular complexity index is 681. The van der Waals surface area contributed by atoms with Crippen LogP contribution in [0.3, 0.4) is 0 Å². The van der Waals surface area contributed by atoms with Gasteiger partial charge in [-0.1, -0.05) is 6.08 Å². The summed E-state index contributed by atoms with van der Waals surface area (Å²) in [7, 11) is 0. The van der Waals surface area contributed by atoms with Crippen LogP contribution in [-0.4, -0.2) is 53.6 Å². The van der Waals surface area contributed by atoms with Crippen LogP contribution in [0.15, 0.2) is 12.3 Å². The van der Waals surface area contributed by atoms with E-state index >= 15 is 0 Å². The lowest BCUT2D eigenvalue weighted by Gasteiger charge is -2.26. The van der Waals surface area contributed by atoms with Crippen LogP contribution in [0, 0.1) is 6.92 Å². The zero-order valence-corrected chi connectivity index (χ0v) is 15.7. The number of aryl methyl sites for hydroxylation is 1. The van der Waals surface area contributed by atoms with Gasteiger partial charge >= 0.3 is 0 Å². The molecule has 2 aliphatic heterocycles. The molecule has 0 unspecified atom stereocenters. The van der Waals surface area contributed by atoms with Gasteiger partial charge in [-0.05, 0) is 68.2 Å². The summed E-state index contributed by atoms with van der Waals surface area (Å²) < 4.78 is 11.3. The number of fused-ring (bicyclic) bond motifs is 1. The minimum absolute atomic E-state index is 0.313. The predicted molar refractivity (Wildman–Crippen MR) is 98.2 cm³/mol. The van der Waals surface area contributed by atoms with Gasteiger partial charge in [-0.2, -0.15) is 0 Å². The molecule has 1 aromatic rings. The van der Waals surface area contributed by atoms with E-state index < -0.39 is 5.91 Å². The van der Waals surface area contributed by atoms with Crippen LogP contribution in [0.5, 0.6) is 0 Å². The second kappa shape index (κ2) is 8.75.